The fourth-order valence-corrected chi connectivity index (χ4v) is 3.91. The first-order valence-corrected chi connectivity index (χ1v) is 7.82. The summed E-state index contributed by atoms with van der Waals surface area (Å²) in [6, 6.07) is 2.77. The summed E-state index contributed by atoms with van der Waals surface area (Å²) in [6.07, 6.45) is 6.17. The number of anilines is 1. The molecule has 4 rings (SSSR count). The summed E-state index contributed by atoms with van der Waals surface area (Å²) in [7, 11) is 0. The quantitative estimate of drug-likeness (QED) is 0.448. The maximum absolute atomic E-state index is 10.6. The van der Waals surface area contributed by atoms with E-state index in [2.05, 4.69) is 20.5 Å². The van der Waals surface area contributed by atoms with Crippen LogP contribution >= 0.6 is 11.3 Å². The number of hydrogen-bond donors (Lipinski definition) is 1. The largest absolute Gasteiger partial charge is 0.433 e. The van der Waals surface area contributed by atoms with Crippen LogP contribution in [0.25, 0.3) is 10.2 Å². The van der Waals surface area contributed by atoms with E-state index in [0.717, 1.165) is 29.5 Å². The van der Waals surface area contributed by atoms with Gasteiger partial charge in [-0.2, -0.15) is 5.10 Å². The van der Waals surface area contributed by atoms with Gasteiger partial charge < -0.3 is 4.42 Å². The molecule has 9 heteroatoms. The van der Waals surface area contributed by atoms with Gasteiger partial charge in [0.05, 0.1) is 17.7 Å². The zero-order valence-corrected chi connectivity index (χ0v) is 12.7. The molecule has 8 nitrogen and oxygen atoms in total. The average molecular weight is 329 g/mol. The predicted molar refractivity (Wildman–Crippen MR) is 86.0 cm³/mol. The van der Waals surface area contributed by atoms with Crippen LogP contribution in [0.5, 0.6) is 0 Å². The third kappa shape index (κ3) is 2.44. The van der Waals surface area contributed by atoms with Gasteiger partial charge >= 0.3 is 5.88 Å². The van der Waals surface area contributed by atoms with Crippen molar-refractivity contribution >= 4 is 39.5 Å². The summed E-state index contributed by atoms with van der Waals surface area (Å²) in [4.78, 5) is 20.9. The fourth-order valence-electron chi connectivity index (χ4n) is 2.68. The fraction of sp³-hybridized carbons (Fsp3) is 0.214. The van der Waals surface area contributed by atoms with Crippen molar-refractivity contribution < 1.29 is 9.34 Å². The molecule has 3 heterocycles. The van der Waals surface area contributed by atoms with Crippen molar-refractivity contribution in [1.29, 1.82) is 0 Å². The molecule has 23 heavy (non-hydrogen) atoms. The number of nitro groups is 1. The molecule has 3 aromatic rings. The summed E-state index contributed by atoms with van der Waals surface area (Å²) >= 11 is 1.70. The van der Waals surface area contributed by atoms with Crippen molar-refractivity contribution in [2.24, 2.45) is 5.10 Å². The van der Waals surface area contributed by atoms with Crippen LogP contribution in [0.3, 0.4) is 0 Å². The van der Waals surface area contributed by atoms with Gasteiger partial charge in [-0.15, -0.1) is 11.3 Å². The lowest BCUT2D eigenvalue weighted by Gasteiger charge is -2.02. The van der Waals surface area contributed by atoms with Crippen LogP contribution in [0.1, 0.15) is 22.6 Å². The van der Waals surface area contributed by atoms with Gasteiger partial charge in [-0.3, -0.25) is 15.5 Å². The smallest absolute Gasteiger partial charge is 0.400 e. The van der Waals surface area contributed by atoms with Crippen LogP contribution in [0.15, 0.2) is 28.0 Å². The zero-order valence-electron chi connectivity index (χ0n) is 11.9. The Morgan fingerprint density at radius 2 is 2.30 bits per heavy atom. The molecule has 0 atom stereocenters. The molecule has 0 bridgehead atoms. The van der Waals surface area contributed by atoms with Crippen LogP contribution in [-0.2, 0) is 12.8 Å². The average Bonchev–Trinajstić information content (AvgIpc) is 3.21. The first-order valence-electron chi connectivity index (χ1n) is 7.01. The molecule has 0 radical (unpaired) electrons. The van der Waals surface area contributed by atoms with Crippen molar-refractivity contribution in [3.8, 4) is 0 Å². The van der Waals surface area contributed by atoms with Gasteiger partial charge in [0, 0.05) is 4.88 Å². The summed E-state index contributed by atoms with van der Waals surface area (Å²) < 4.78 is 5.01. The number of aryl methyl sites for hydroxylation is 2. The molecule has 0 saturated carbocycles. The molecule has 1 N–H and O–H groups in total. The van der Waals surface area contributed by atoms with Crippen molar-refractivity contribution in [1.82, 2.24) is 9.97 Å². The number of thiophene rings is 1. The summed E-state index contributed by atoms with van der Waals surface area (Å²) in [5.74, 6) is 0.628. The first kappa shape index (κ1) is 13.8. The Morgan fingerprint density at radius 3 is 3.13 bits per heavy atom. The first-order chi connectivity index (χ1) is 11.2. The van der Waals surface area contributed by atoms with E-state index in [9.17, 15) is 10.1 Å². The van der Waals surface area contributed by atoms with E-state index in [1.165, 1.54) is 35.1 Å². The molecule has 0 aromatic carbocycles. The molecule has 1 aliphatic carbocycles. The molecular weight excluding hydrogens is 318 g/mol. The molecule has 0 aliphatic heterocycles. The van der Waals surface area contributed by atoms with E-state index in [1.54, 1.807) is 11.3 Å². The minimum atomic E-state index is -0.590. The van der Waals surface area contributed by atoms with E-state index in [1.807, 2.05) is 0 Å². The lowest BCUT2D eigenvalue weighted by atomic mass is 10.2. The van der Waals surface area contributed by atoms with Crippen molar-refractivity contribution in [2.75, 3.05) is 5.43 Å². The van der Waals surface area contributed by atoms with Gasteiger partial charge in [0.2, 0.25) is 0 Å². The van der Waals surface area contributed by atoms with E-state index in [4.69, 9.17) is 4.42 Å². The van der Waals surface area contributed by atoms with Gasteiger partial charge in [-0.25, -0.2) is 9.97 Å². The van der Waals surface area contributed by atoms with Crippen molar-refractivity contribution in [3.05, 3.63) is 44.8 Å². The maximum Gasteiger partial charge on any atom is 0.433 e. The van der Waals surface area contributed by atoms with Gasteiger partial charge in [-0.1, -0.05) is 0 Å². The standard InChI is InChI=1S/C14H11N5O3S/c20-19(21)11-5-4-8(22-11)6-17-18-13-12-9-2-1-3-10(9)23-14(12)16-7-15-13/h4-7H,1-3H2,(H,15,16,18). The van der Waals surface area contributed by atoms with Crippen LogP contribution in [0.4, 0.5) is 11.7 Å². The highest BCUT2D eigenvalue weighted by Crippen LogP contribution is 2.38. The topological polar surface area (TPSA) is 106 Å². The Hall–Kier alpha value is -2.81. The van der Waals surface area contributed by atoms with Gasteiger partial charge in [0.1, 0.15) is 16.1 Å². The molecule has 0 fully saturated rings. The number of hydrazone groups is 1. The van der Waals surface area contributed by atoms with Crippen molar-refractivity contribution in [2.45, 2.75) is 19.3 Å². The van der Waals surface area contributed by atoms with Crippen LogP contribution < -0.4 is 5.43 Å². The van der Waals surface area contributed by atoms with Crippen LogP contribution in [0.2, 0.25) is 0 Å². The maximum atomic E-state index is 10.6. The monoisotopic (exact) mass is 329 g/mol. The number of furan rings is 1. The second-order valence-electron chi connectivity index (χ2n) is 5.06. The van der Waals surface area contributed by atoms with E-state index in [0.29, 0.717) is 11.6 Å². The van der Waals surface area contributed by atoms with E-state index >= 15 is 0 Å². The number of fused-ring (bicyclic) bond motifs is 3. The Kier molecular flexibility index (Phi) is 3.27. The number of nitrogens with one attached hydrogen (secondary N) is 1. The molecule has 0 saturated heterocycles. The number of hydrogen-bond acceptors (Lipinski definition) is 8. The third-order valence-corrected chi connectivity index (χ3v) is 4.86. The van der Waals surface area contributed by atoms with Crippen LogP contribution in [0, 0.1) is 10.1 Å². The zero-order chi connectivity index (χ0) is 15.8. The van der Waals surface area contributed by atoms with E-state index in [-0.39, 0.29) is 5.88 Å². The van der Waals surface area contributed by atoms with Gasteiger partial charge in [-0.05, 0) is 30.9 Å². The predicted octanol–water partition coefficient (Wildman–Crippen LogP) is 3.13. The molecule has 0 spiro atoms. The number of nitrogens with zero attached hydrogens (tertiary/aromatic N) is 4. The lowest BCUT2D eigenvalue weighted by molar-refractivity contribution is -0.402. The highest BCUT2D eigenvalue weighted by molar-refractivity contribution is 7.19. The molecule has 116 valence electrons. The lowest BCUT2D eigenvalue weighted by Crippen LogP contribution is -1.95. The summed E-state index contributed by atoms with van der Waals surface area (Å²) in [6.45, 7) is 0. The van der Waals surface area contributed by atoms with Gasteiger partial charge in [0.15, 0.2) is 11.6 Å². The molecule has 0 unspecified atom stereocenters. The summed E-state index contributed by atoms with van der Waals surface area (Å²) in [5, 5.41) is 15.7. The van der Waals surface area contributed by atoms with Crippen molar-refractivity contribution in [3.63, 3.8) is 0 Å². The third-order valence-electron chi connectivity index (χ3n) is 3.66. The number of rotatable bonds is 4. The summed E-state index contributed by atoms with van der Waals surface area (Å²) in [5.41, 5.74) is 4.19. The number of aromatic nitrogens is 2. The normalized spacial score (nSPS) is 13.7. The second-order valence-corrected chi connectivity index (χ2v) is 6.15. The minimum Gasteiger partial charge on any atom is -0.400 e. The Labute approximate surface area is 134 Å². The second kappa shape index (κ2) is 5.43. The van der Waals surface area contributed by atoms with E-state index < -0.39 is 4.92 Å². The SMILES string of the molecule is O=[N+]([O-])c1ccc(C=NNc2ncnc3sc4c(c23)CCC4)o1. The van der Waals surface area contributed by atoms with Gasteiger partial charge in [0.25, 0.3) is 0 Å². The molecule has 3 aromatic heterocycles. The van der Waals surface area contributed by atoms with Crippen LogP contribution in [-0.4, -0.2) is 21.1 Å². The molecule has 1 aliphatic rings. The Morgan fingerprint density at radius 1 is 1.39 bits per heavy atom. The molecular formula is C14H11N5O3S. The Bertz CT molecular complexity index is 930. The highest BCUT2D eigenvalue weighted by Gasteiger charge is 2.21. The minimum absolute atomic E-state index is 0.296. The highest BCUT2D eigenvalue weighted by atomic mass is 32.1. The Balaban J connectivity index is 1.60. The molecule has 0 amide bonds.